The molecule has 0 saturated heterocycles. The summed E-state index contributed by atoms with van der Waals surface area (Å²) in [6.45, 7) is 0. The number of carboxylic acid groups (broad SMARTS) is 1. The van der Waals surface area contributed by atoms with Gasteiger partial charge in [-0.2, -0.15) is 0 Å². The molecule has 5 nitrogen and oxygen atoms in total. The summed E-state index contributed by atoms with van der Waals surface area (Å²) in [5.41, 5.74) is 1.42. The summed E-state index contributed by atoms with van der Waals surface area (Å²) in [5, 5.41) is 12.9. The molecule has 0 bridgehead atoms. The summed E-state index contributed by atoms with van der Waals surface area (Å²) in [6, 6.07) is 7.44. The van der Waals surface area contributed by atoms with Crippen molar-refractivity contribution in [2.45, 2.75) is 25.3 Å². The summed E-state index contributed by atoms with van der Waals surface area (Å²) < 4.78 is 0. The summed E-state index contributed by atoms with van der Waals surface area (Å²) in [6.07, 6.45) is 3.68. The average molecular weight is 272 g/mol. The average Bonchev–Trinajstić information content (AvgIpc) is 3.05. The summed E-state index contributed by atoms with van der Waals surface area (Å²) in [7, 11) is 0. The number of aliphatic carboxylic acids is 1. The Morgan fingerprint density at radius 2 is 2.10 bits per heavy atom. The molecule has 20 heavy (non-hydrogen) atoms. The molecule has 0 spiro atoms. The van der Waals surface area contributed by atoms with Crippen LogP contribution in [-0.2, 0) is 4.79 Å². The summed E-state index contributed by atoms with van der Waals surface area (Å²) >= 11 is 0. The fourth-order valence-electron chi connectivity index (χ4n) is 2.87. The van der Waals surface area contributed by atoms with Crippen LogP contribution < -0.4 is 5.32 Å². The molecule has 1 aromatic carbocycles. The second-order valence-corrected chi connectivity index (χ2v) is 5.27. The Morgan fingerprint density at radius 3 is 2.85 bits per heavy atom. The largest absolute Gasteiger partial charge is 0.481 e. The van der Waals surface area contributed by atoms with Gasteiger partial charge in [-0.3, -0.25) is 9.59 Å². The number of carbonyl (C=O) groups is 2. The normalized spacial score (nSPS) is 22.0. The Morgan fingerprint density at radius 1 is 1.25 bits per heavy atom. The van der Waals surface area contributed by atoms with E-state index in [9.17, 15) is 9.59 Å². The molecule has 3 N–H and O–H groups in total. The molecule has 1 saturated carbocycles. The van der Waals surface area contributed by atoms with E-state index in [4.69, 9.17) is 5.11 Å². The number of hydrogen-bond donors (Lipinski definition) is 3. The van der Waals surface area contributed by atoms with E-state index in [0.717, 1.165) is 17.3 Å². The zero-order valence-corrected chi connectivity index (χ0v) is 10.9. The minimum atomic E-state index is -0.770. The van der Waals surface area contributed by atoms with Crippen LogP contribution in [0.3, 0.4) is 0 Å². The monoisotopic (exact) mass is 272 g/mol. The van der Waals surface area contributed by atoms with E-state index in [1.54, 1.807) is 12.3 Å². The van der Waals surface area contributed by atoms with Gasteiger partial charge in [-0.1, -0.05) is 12.1 Å². The van der Waals surface area contributed by atoms with E-state index >= 15 is 0 Å². The highest BCUT2D eigenvalue weighted by Gasteiger charge is 2.30. The molecular weight excluding hydrogens is 256 g/mol. The van der Waals surface area contributed by atoms with Crippen LogP contribution in [0.2, 0.25) is 0 Å². The number of carboxylic acids is 1. The van der Waals surface area contributed by atoms with Crippen LogP contribution >= 0.6 is 0 Å². The summed E-state index contributed by atoms with van der Waals surface area (Å²) in [5.74, 6) is -1.25. The van der Waals surface area contributed by atoms with Crippen LogP contribution in [0.15, 0.2) is 30.5 Å². The van der Waals surface area contributed by atoms with Gasteiger partial charge >= 0.3 is 5.97 Å². The molecule has 1 amide bonds. The number of carbonyl (C=O) groups excluding carboxylic acids is 1. The van der Waals surface area contributed by atoms with Gasteiger partial charge in [0, 0.05) is 17.6 Å². The van der Waals surface area contributed by atoms with Gasteiger partial charge in [0.15, 0.2) is 0 Å². The topological polar surface area (TPSA) is 82.2 Å². The Bertz CT molecular complexity index is 662. The number of nitrogens with one attached hydrogen (secondary N) is 2. The molecule has 5 heteroatoms. The van der Waals surface area contributed by atoms with Crippen molar-refractivity contribution in [3.63, 3.8) is 0 Å². The van der Waals surface area contributed by atoms with E-state index in [2.05, 4.69) is 10.3 Å². The molecule has 1 heterocycles. The smallest absolute Gasteiger partial charge is 0.306 e. The van der Waals surface area contributed by atoms with Crippen molar-refractivity contribution in [3.8, 4) is 0 Å². The molecular formula is C15H16N2O3. The maximum absolute atomic E-state index is 12.3. The lowest BCUT2D eigenvalue weighted by Crippen LogP contribution is -2.33. The van der Waals surface area contributed by atoms with Gasteiger partial charge in [0.25, 0.3) is 5.91 Å². The maximum Gasteiger partial charge on any atom is 0.306 e. The van der Waals surface area contributed by atoms with Crippen molar-refractivity contribution in [3.05, 3.63) is 36.0 Å². The lowest BCUT2D eigenvalue weighted by Gasteiger charge is -2.13. The molecule has 2 atom stereocenters. The van der Waals surface area contributed by atoms with Gasteiger partial charge in [0.2, 0.25) is 0 Å². The molecule has 0 unspecified atom stereocenters. The van der Waals surface area contributed by atoms with Gasteiger partial charge in [-0.15, -0.1) is 0 Å². The van der Waals surface area contributed by atoms with Crippen LogP contribution in [0.1, 0.15) is 29.6 Å². The van der Waals surface area contributed by atoms with Crippen LogP contribution in [0, 0.1) is 5.92 Å². The molecule has 0 aliphatic heterocycles. The van der Waals surface area contributed by atoms with Gasteiger partial charge in [-0.25, -0.2) is 0 Å². The third-order valence-corrected chi connectivity index (χ3v) is 3.95. The number of aromatic amines is 1. The van der Waals surface area contributed by atoms with Crippen molar-refractivity contribution in [1.82, 2.24) is 10.3 Å². The minimum absolute atomic E-state index is 0.0474. The number of amides is 1. The van der Waals surface area contributed by atoms with Crippen molar-refractivity contribution in [1.29, 1.82) is 0 Å². The molecule has 2 aromatic rings. The van der Waals surface area contributed by atoms with E-state index in [1.165, 1.54) is 0 Å². The van der Waals surface area contributed by atoms with E-state index < -0.39 is 5.97 Å². The minimum Gasteiger partial charge on any atom is -0.481 e. The number of rotatable bonds is 3. The van der Waals surface area contributed by atoms with Crippen molar-refractivity contribution >= 4 is 22.8 Å². The molecule has 1 aliphatic carbocycles. The molecule has 104 valence electrons. The number of H-pyrrole nitrogens is 1. The lowest BCUT2D eigenvalue weighted by molar-refractivity contribution is -0.141. The highest BCUT2D eigenvalue weighted by atomic mass is 16.4. The molecule has 1 aromatic heterocycles. The lowest BCUT2D eigenvalue weighted by atomic mass is 10.1. The van der Waals surface area contributed by atoms with Gasteiger partial charge in [0.05, 0.1) is 17.0 Å². The first-order valence-electron chi connectivity index (χ1n) is 6.75. The van der Waals surface area contributed by atoms with Gasteiger partial charge in [0.1, 0.15) is 0 Å². The molecule has 1 aliphatic rings. The highest BCUT2D eigenvalue weighted by molar-refractivity contribution is 6.05. The zero-order valence-electron chi connectivity index (χ0n) is 10.9. The second kappa shape index (κ2) is 5.00. The van der Waals surface area contributed by atoms with Crippen LogP contribution in [0.25, 0.3) is 10.9 Å². The van der Waals surface area contributed by atoms with Crippen molar-refractivity contribution in [2.75, 3.05) is 0 Å². The number of fused-ring (bicyclic) bond motifs is 1. The predicted octanol–water partition coefficient (Wildman–Crippen LogP) is 2.15. The number of aromatic nitrogens is 1. The molecule has 3 rings (SSSR count). The van der Waals surface area contributed by atoms with E-state index in [-0.39, 0.29) is 17.9 Å². The number of benzene rings is 1. The molecule has 1 fully saturated rings. The first kappa shape index (κ1) is 12.7. The number of hydrogen-bond acceptors (Lipinski definition) is 2. The van der Waals surface area contributed by atoms with Crippen LogP contribution in [0.4, 0.5) is 0 Å². The summed E-state index contributed by atoms with van der Waals surface area (Å²) in [4.78, 5) is 26.3. The zero-order chi connectivity index (χ0) is 14.1. The van der Waals surface area contributed by atoms with Crippen LogP contribution in [-0.4, -0.2) is 28.0 Å². The third kappa shape index (κ3) is 2.27. The Balaban J connectivity index is 1.74. The van der Waals surface area contributed by atoms with Crippen LogP contribution in [0.5, 0.6) is 0 Å². The fourth-order valence-corrected chi connectivity index (χ4v) is 2.87. The first-order valence-corrected chi connectivity index (χ1v) is 6.75. The standard InChI is InChI=1S/C15H16N2O3/c18-14(17-11-5-4-10(8-11)15(19)20)12-3-1-2-9-6-7-16-13(9)12/h1-3,6-7,10-11,16H,4-5,8H2,(H,17,18)(H,19,20)/t10-,11+/m1/s1. The SMILES string of the molecule is O=C(N[C@H]1CC[C@@H](C(=O)O)C1)c1cccc2cc[nH]c12. The number of para-hydroxylation sites is 1. The van der Waals surface area contributed by atoms with E-state index in [0.29, 0.717) is 18.4 Å². The van der Waals surface area contributed by atoms with Crippen molar-refractivity contribution < 1.29 is 14.7 Å². The molecule has 0 radical (unpaired) electrons. The predicted molar refractivity (Wildman–Crippen MR) is 74.5 cm³/mol. The fraction of sp³-hybridized carbons (Fsp3) is 0.333. The Labute approximate surface area is 116 Å². The van der Waals surface area contributed by atoms with Gasteiger partial charge in [-0.05, 0) is 31.4 Å². The first-order chi connectivity index (χ1) is 9.65. The maximum atomic E-state index is 12.3. The second-order valence-electron chi connectivity index (χ2n) is 5.27. The Kier molecular flexibility index (Phi) is 3.18. The van der Waals surface area contributed by atoms with E-state index in [1.807, 2.05) is 18.2 Å². The Hall–Kier alpha value is -2.30. The highest BCUT2D eigenvalue weighted by Crippen LogP contribution is 2.26. The quantitative estimate of drug-likeness (QED) is 0.800. The third-order valence-electron chi connectivity index (χ3n) is 3.95. The van der Waals surface area contributed by atoms with Gasteiger partial charge < -0.3 is 15.4 Å². The van der Waals surface area contributed by atoms with Crippen molar-refractivity contribution in [2.24, 2.45) is 5.92 Å².